The van der Waals surface area contributed by atoms with Crippen LogP contribution in [0.5, 0.6) is 5.75 Å². The van der Waals surface area contributed by atoms with Gasteiger partial charge in [0.25, 0.3) is 0 Å². The highest BCUT2D eigenvalue weighted by Gasteiger charge is 2.14. The minimum absolute atomic E-state index is 0.801. The molecule has 2 aromatic carbocycles. The van der Waals surface area contributed by atoms with Crippen LogP contribution in [0.2, 0.25) is 5.02 Å². The van der Waals surface area contributed by atoms with Crippen molar-refractivity contribution in [2.24, 2.45) is 0 Å². The molecule has 1 aliphatic rings. The average Bonchev–Trinajstić information content (AvgIpc) is 2.71. The first-order valence-corrected chi connectivity index (χ1v) is 7.33. The van der Waals surface area contributed by atoms with Crippen LogP contribution in [0.15, 0.2) is 36.4 Å². The van der Waals surface area contributed by atoms with Gasteiger partial charge in [-0.25, -0.2) is 0 Å². The molecule has 0 radical (unpaired) electrons. The van der Waals surface area contributed by atoms with Gasteiger partial charge in [-0.2, -0.15) is 0 Å². The molecule has 1 aliphatic heterocycles. The molecule has 1 heterocycles. The summed E-state index contributed by atoms with van der Waals surface area (Å²) in [7, 11) is 1.69. The lowest BCUT2D eigenvalue weighted by Crippen LogP contribution is -2.16. The van der Waals surface area contributed by atoms with Crippen molar-refractivity contribution in [3.8, 4) is 16.9 Å². The SMILES string of the molecule is COc1ccccc1-c1cc2c(cc1Cl)CCNCC2. The number of nitrogens with one attached hydrogen (secondary N) is 1. The lowest BCUT2D eigenvalue weighted by molar-refractivity contribution is 0.416. The zero-order valence-corrected chi connectivity index (χ0v) is 12.3. The van der Waals surface area contributed by atoms with Gasteiger partial charge in [0.2, 0.25) is 0 Å². The predicted molar refractivity (Wildman–Crippen MR) is 83.7 cm³/mol. The topological polar surface area (TPSA) is 21.3 Å². The molecular formula is C17H18ClNO. The summed E-state index contributed by atoms with van der Waals surface area (Å²) in [6.45, 7) is 2.05. The Bertz CT molecular complexity index is 624. The van der Waals surface area contributed by atoms with Crippen LogP contribution in [0.4, 0.5) is 0 Å². The van der Waals surface area contributed by atoms with Gasteiger partial charge >= 0.3 is 0 Å². The molecule has 2 aromatic rings. The van der Waals surface area contributed by atoms with Gasteiger partial charge in [0.05, 0.1) is 7.11 Å². The first-order valence-electron chi connectivity index (χ1n) is 6.95. The quantitative estimate of drug-likeness (QED) is 0.909. The van der Waals surface area contributed by atoms with Crippen molar-refractivity contribution in [3.63, 3.8) is 0 Å². The van der Waals surface area contributed by atoms with Crippen molar-refractivity contribution >= 4 is 11.6 Å². The molecule has 0 amide bonds. The second-order valence-corrected chi connectivity index (χ2v) is 5.46. The molecule has 1 N–H and O–H groups in total. The van der Waals surface area contributed by atoms with Crippen molar-refractivity contribution < 1.29 is 4.74 Å². The fraction of sp³-hybridized carbons (Fsp3) is 0.294. The lowest BCUT2D eigenvalue weighted by atomic mass is 9.96. The molecule has 0 atom stereocenters. The number of fused-ring (bicyclic) bond motifs is 1. The van der Waals surface area contributed by atoms with E-state index in [1.54, 1.807) is 7.11 Å². The number of ether oxygens (including phenoxy) is 1. The normalized spacial score (nSPS) is 14.5. The molecule has 2 nitrogen and oxygen atoms in total. The molecule has 0 aromatic heterocycles. The minimum atomic E-state index is 0.801. The number of hydrogen-bond acceptors (Lipinski definition) is 2. The molecule has 0 saturated carbocycles. The van der Waals surface area contributed by atoms with Crippen LogP contribution >= 0.6 is 11.6 Å². The van der Waals surface area contributed by atoms with Crippen LogP contribution in [0, 0.1) is 0 Å². The zero-order valence-electron chi connectivity index (χ0n) is 11.6. The Balaban J connectivity index is 2.12. The third kappa shape index (κ3) is 2.54. The fourth-order valence-corrected chi connectivity index (χ4v) is 3.06. The Kier molecular flexibility index (Phi) is 3.95. The van der Waals surface area contributed by atoms with E-state index in [1.807, 2.05) is 18.2 Å². The van der Waals surface area contributed by atoms with Crippen molar-refractivity contribution in [1.82, 2.24) is 5.32 Å². The van der Waals surface area contributed by atoms with E-state index < -0.39 is 0 Å². The van der Waals surface area contributed by atoms with Crippen LogP contribution < -0.4 is 10.1 Å². The Morgan fingerprint density at radius 3 is 2.45 bits per heavy atom. The van der Waals surface area contributed by atoms with Gasteiger partial charge in [0.1, 0.15) is 5.75 Å². The summed E-state index contributed by atoms with van der Waals surface area (Å²) in [5, 5.41) is 4.23. The van der Waals surface area contributed by atoms with Crippen LogP contribution in [0.1, 0.15) is 11.1 Å². The van der Waals surface area contributed by atoms with Crippen molar-refractivity contribution in [2.75, 3.05) is 20.2 Å². The highest BCUT2D eigenvalue weighted by atomic mass is 35.5. The fourth-order valence-electron chi connectivity index (χ4n) is 2.77. The largest absolute Gasteiger partial charge is 0.496 e. The summed E-state index contributed by atoms with van der Waals surface area (Å²) in [6, 6.07) is 12.4. The Hall–Kier alpha value is -1.51. The molecule has 20 heavy (non-hydrogen) atoms. The minimum Gasteiger partial charge on any atom is -0.496 e. The number of rotatable bonds is 2. The summed E-state index contributed by atoms with van der Waals surface area (Å²) in [4.78, 5) is 0. The van der Waals surface area contributed by atoms with E-state index >= 15 is 0 Å². The van der Waals surface area contributed by atoms with E-state index in [1.165, 1.54) is 11.1 Å². The van der Waals surface area contributed by atoms with E-state index in [0.717, 1.165) is 47.8 Å². The highest BCUT2D eigenvalue weighted by Crippen LogP contribution is 2.36. The summed E-state index contributed by atoms with van der Waals surface area (Å²) >= 11 is 6.50. The zero-order chi connectivity index (χ0) is 13.9. The first-order chi connectivity index (χ1) is 9.79. The van der Waals surface area contributed by atoms with Crippen molar-refractivity contribution in [1.29, 1.82) is 0 Å². The second-order valence-electron chi connectivity index (χ2n) is 5.05. The van der Waals surface area contributed by atoms with Crippen molar-refractivity contribution in [3.05, 3.63) is 52.5 Å². The molecule has 0 bridgehead atoms. The van der Waals surface area contributed by atoms with E-state index in [4.69, 9.17) is 16.3 Å². The number of benzene rings is 2. The van der Waals surface area contributed by atoms with Gasteiger partial charge < -0.3 is 10.1 Å². The number of methoxy groups -OCH3 is 1. The van der Waals surface area contributed by atoms with Gasteiger partial charge in [0.15, 0.2) is 0 Å². The molecule has 3 heteroatoms. The van der Waals surface area contributed by atoms with Crippen LogP contribution in [-0.2, 0) is 12.8 Å². The second kappa shape index (κ2) is 5.86. The molecule has 0 unspecified atom stereocenters. The molecule has 0 aliphatic carbocycles. The third-order valence-corrected chi connectivity index (χ3v) is 4.14. The molecule has 0 saturated heterocycles. The number of halogens is 1. The van der Waals surface area contributed by atoms with Gasteiger partial charge in [-0.3, -0.25) is 0 Å². The van der Waals surface area contributed by atoms with Gasteiger partial charge in [-0.15, -0.1) is 0 Å². The van der Waals surface area contributed by atoms with Crippen molar-refractivity contribution in [2.45, 2.75) is 12.8 Å². The maximum Gasteiger partial charge on any atom is 0.126 e. The van der Waals surface area contributed by atoms with Gasteiger partial charge in [-0.05, 0) is 55.3 Å². The van der Waals surface area contributed by atoms with E-state index in [2.05, 4.69) is 23.5 Å². The summed E-state index contributed by atoms with van der Waals surface area (Å²) in [5.74, 6) is 0.862. The van der Waals surface area contributed by atoms with Crippen LogP contribution in [0.3, 0.4) is 0 Å². The van der Waals surface area contributed by atoms with E-state index in [-0.39, 0.29) is 0 Å². The third-order valence-electron chi connectivity index (χ3n) is 3.83. The highest BCUT2D eigenvalue weighted by molar-refractivity contribution is 6.33. The average molecular weight is 288 g/mol. The smallest absolute Gasteiger partial charge is 0.126 e. The summed E-state index contributed by atoms with van der Waals surface area (Å²) in [6.07, 6.45) is 2.09. The lowest BCUT2D eigenvalue weighted by Gasteiger charge is -2.14. The molecule has 0 spiro atoms. The Morgan fingerprint density at radius 2 is 1.70 bits per heavy atom. The van der Waals surface area contributed by atoms with Crippen LogP contribution in [-0.4, -0.2) is 20.2 Å². The molecule has 104 valence electrons. The predicted octanol–water partition coefficient (Wildman–Crippen LogP) is 3.70. The molecule has 0 fully saturated rings. The van der Waals surface area contributed by atoms with Crippen LogP contribution in [0.25, 0.3) is 11.1 Å². The van der Waals surface area contributed by atoms with Gasteiger partial charge in [0, 0.05) is 16.1 Å². The maximum absolute atomic E-state index is 6.50. The first kappa shape index (κ1) is 13.5. The summed E-state index contributed by atoms with van der Waals surface area (Å²) in [5.41, 5.74) is 4.86. The number of para-hydroxylation sites is 1. The van der Waals surface area contributed by atoms with E-state index in [9.17, 15) is 0 Å². The van der Waals surface area contributed by atoms with E-state index in [0.29, 0.717) is 0 Å². The monoisotopic (exact) mass is 287 g/mol. The maximum atomic E-state index is 6.50. The molecule has 3 rings (SSSR count). The Morgan fingerprint density at radius 1 is 1.00 bits per heavy atom. The number of hydrogen-bond donors (Lipinski definition) is 1. The summed E-state index contributed by atoms with van der Waals surface area (Å²) < 4.78 is 5.45. The van der Waals surface area contributed by atoms with Gasteiger partial charge in [-0.1, -0.05) is 29.8 Å². The standard InChI is InChI=1S/C17H18ClNO/c1-20-17-5-3-2-4-14(17)15-10-12-6-8-19-9-7-13(12)11-16(15)18/h2-5,10-11,19H,6-9H2,1H3. The molecular weight excluding hydrogens is 270 g/mol. The Labute approximate surface area is 124 Å².